The zero-order valence-corrected chi connectivity index (χ0v) is 12.5. The van der Waals surface area contributed by atoms with Gasteiger partial charge in [0.05, 0.1) is 5.56 Å². The number of hydrogen-bond donors (Lipinski definition) is 1. The molecule has 0 atom stereocenters. The molecule has 0 spiro atoms. The molecule has 4 aromatic rings. The molecule has 24 heavy (non-hydrogen) atoms. The molecule has 0 aliphatic rings. The summed E-state index contributed by atoms with van der Waals surface area (Å²) in [5.41, 5.74) is 1.24. The number of benzene rings is 2. The van der Waals surface area contributed by atoms with Crippen LogP contribution in [0.1, 0.15) is 10.4 Å². The summed E-state index contributed by atoms with van der Waals surface area (Å²) in [5.74, 6) is 0.00417. The number of rotatable bonds is 3. The van der Waals surface area contributed by atoms with E-state index in [1.807, 2.05) is 36.4 Å². The van der Waals surface area contributed by atoms with E-state index in [0.717, 1.165) is 10.8 Å². The Balaban J connectivity index is 1.61. The lowest BCUT2D eigenvalue weighted by Crippen LogP contribution is -2.12. The average molecular weight is 316 g/mol. The van der Waals surface area contributed by atoms with Crippen molar-refractivity contribution < 1.29 is 9.21 Å². The van der Waals surface area contributed by atoms with Gasteiger partial charge >= 0.3 is 6.01 Å². The second-order valence-electron chi connectivity index (χ2n) is 5.13. The first kappa shape index (κ1) is 14.1. The summed E-state index contributed by atoms with van der Waals surface area (Å²) >= 11 is 0. The van der Waals surface area contributed by atoms with E-state index in [1.165, 1.54) is 0 Å². The topological polar surface area (TPSA) is 80.9 Å². The van der Waals surface area contributed by atoms with Crippen LogP contribution in [0.5, 0.6) is 0 Å². The Morgan fingerprint density at radius 2 is 1.83 bits per heavy atom. The second-order valence-corrected chi connectivity index (χ2v) is 5.13. The normalized spacial score (nSPS) is 10.7. The standard InChI is InChI=1S/C18H12N4O2/c23-16(15-9-3-6-12-5-1-2-8-14(12)15)20-18-22-21-17(24-18)13-7-4-10-19-11-13/h1-11H,(H,20,22,23). The molecule has 0 aliphatic carbocycles. The van der Waals surface area contributed by atoms with Crippen molar-refractivity contribution in [1.29, 1.82) is 0 Å². The van der Waals surface area contributed by atoms with Crippen LogP contribution in [0.4, 0.5) is 6.01 Å². The van der Waals surface area contributed by atoms with Crippen molar-refractivity contribution in [2.75, 3.05) is 5.32 Å². The molecule has 1 amide bonds. The smallest absolute Gasteiger partial charge is 0.322 e. The van der Waals surface area contributed by atoms with Crippen molar-refractivity contribution in [1.82, 2.24) is 15.2 Å². The third kappa shape index (κ3) is 2.61. The Morgan fingerprint density at radius 3 is 2.71 bits per heavy atom. The van der Waals surface area contributed by atoms with Gasteiger partial charge in [0.1, 0.15) is 0 Å². The van der Waals surface area contributed by atoms with Crippen LogP contribution in [0.2, 0.25) is 0 Å². The Bertz CT molecular complexity index is 1010. The molecule has 2 aromatic heterocycles. The van der Waals surface area contributed by atoms with Crippen LogP contribution in [0.15, 0.2) is 71.4 Å². The van der Waals surface area contributed by atoms with Gasteiger partial charge in [-0.15, -0.1) is 5.10 Å². The number of carbonyl (C=O) groups is 1. The molecule has 0 bridgehead atoms. The molecule has 4 rings (SSSR count). The zero-order chi connectivity index (χ0) is 16.4. The number of aromatic nitrogens is 3. The maximum absolute atomic E-state index is 12.5. The Labute approximate surface area is 137 Å². The minimum atomic E-state index is -0.298. The van der Waals surface area contributed by atoms with Gasteiger partial charge in [0.2, 0.25) is 0 Å². The molecule has 1 N–H and O–H groups in total. The molecule has 2 heterocycles. The largest absolute Gasteiger partial charge is 0.403 e. The summed E-state index contributed by atoms with van der Waals surface area (Å²) in [5, 5.41) is 12.3. The zero-order valence-electron chi connectivity index (χ0n) is 12.5. The van der Waals surface area contributed by atoms with Gasteiger partial charge in [0, 0.05) is 18.0 Å². The van der Waals surface area contributed by atoms with E-state index in [9.17, 15) is 4.79 Å². The van der Waals surface area contributed by atoms with Gasteiger partial charge in [0.25, 0.3) is 11.8 Å². The van der Waals surface area contributed by atoms with E-state index in [0.29, 0.717) is 17.0 Å². The predicted molar refractivity (Wildman–Crippen MR) is 89.4 cm³/mol. The van der Waals surface area contributed by atoms with Crippen molar-refractivity contribution in [3.8, 4) is 11.5 Å². The molecule has 0 saturated heterocycles. The first-order valence-electron chi connectivity index (χ1n) is 7.34. The monoisotopic (exact) mass is 316 g/mol. The third-order valence-electron chi connectivity index (χ3n) is 3.59. The molecule has 0 saturated carbocycles. The number of hydrogen-bond acceptors (Lipinski definition) is 5. The number of nitrogens with one attached hydrogen (secondary N) is 1. The van der Waals surface area contributed by atoms with Gasteiger partial charge in [-0.1, -0.05) is 41.5 Å². The van der Waals surface area contributed by atoms with Crippen LogP contribution in [0.3, 0.4) is 0 Å². The average Bonchev–Trinajstić information content (AvgIpc) is 3.10. The van der Waals surface area contributed by atoms with E-state index in [-0.39, 0.29) is 11.9 Å². The summed E-state index contributed by atoms with van der Waals surface area (Å²) < 4.78 is 5.48. The third-order valence-corrected chi connectivity index (χ3v) is 3.59. The highest BCUT2D eigenvalue weighted by Crippen LogP contribution is 2.21. The fraction of sp³-hybridized carbons (Fsp3) is 0. The first-order chi connectivity index (χ1) is 11.8. The molecule has 0 unspecified atom stereocenters. The lowest BCUT2D eigenvalue weighted by atomic mass is 10.0. The molecule has 116 valence electrons. The van der Waals surface area contributed by atoms with Crippen LogP contribution < -0.4 is 5.32 Å². The number of nitrogens with zero attached hydrogens (tertiary/aromatic N) is 3. The van der Waals surface area contributed by atoms with Crippen LogP contribution >= 0.6 is 0 Å². The van der Waals surface area contributed by atoms with E-state index < -0.39 is 0 Å². The first-order valence-corrected chi connectivity index (χ1v) is 7.34. The lowest BCUT2D eigenvalue weighted by Gasteiger charge is -2.05. The molecule has 0 aliphatic heterocycles. The fourth-order valence-corrected chi connectivity index (χ4v) is 2.47. The van der Waals surface area contributed by atoms with E-state index >= 15 is 0 Å². The van der Waals surface area contributed by atoms with E-state index in [4.69, 9.17) is 4.42 Å². The number of amides is 1. The minimum Gasteiger partial charge on any atom is -0.403 e. The molecule has 0 radical (unpaired) electrons. The second kappa shape index (κ2) is 5.92. The molecular formula is C18H12N4O2. The van der Waals surface area contributed by atoms with Gasteiger partial charge in [-0.2, -0.15) is 0 Å². The summed E-state index contributed by atoms with van der Waals surface area (Å²) in [6.07, 6.45) is 3.27. The highest BCUT2D eigenvalue weighted by atomic mass is 16.4. The van der Waals surface area contributed by atoms with E-state index in [2.05, 4.69) is 20.5 Å². The Kier molecular flexibility index (Phi) is 3.47. The number of fused-ring (bicyclic) bond motifs is 1. The van der Waals surface area contributed by atoms with Gasteiger partial charge in [-0.05, 0) is 29.0 Å². The summed E-state index contributed by atoms with van der Waals surface area (Å²) in [6.45, 7) is 0. The van der Waals surface area contributed by atoms with E-state index in [1.54, 1.807) is 30.6 Å². The van der Waals surface area contributed by atoms with Crippen molar-refractivity contribution in [2.24, 2.45) is 0 Å². The molecule has 6 heteroatoms. The van der Waals surface area contributed by atoms with Crippen LogP contribution in [-0.4, -0.2) is 21.1 Å². The molecule has 6 nitrogen and oxygen atoms in total. The quantitative estimate of drug-likeness (QED) is 0.625. The van der Waals surface area contributed by atoms with Crippen molar-refractivity contribution in [3.05, 3.63) is 72.6 Å². The maximum Gasteiger partial charge on any atom is 0.322 e. The van der Waals surface area contributed by atoms with Gasteiger partial charge in [-0.25, -0.2) is 0 Å². The molecule has 2 aromatic carbocycles. The Hall–Kier alpha value is -3.54. The number of carbonyl (C=O) groups excluding carboxylic acids is 1. The fourth-order valence-electron chi connectivity index (χ4n) is 2.47. The Morgan fingerprint density at radius 1 is 0.958 bits per heavy atom. The lowest BCUT2D eigenvalue weighted by molar-refractivity contribution is 0.102. The van der Waals surface area contributed by atoms with Crippen LogP contribution in [-0.2, 0) is 0 Å². The minimum absolute atomic E-state index is 0.0480. The van der Waals surface area contributed by atoms with Crippen molar-refractivity contribution >= 4 is 22.7 Å². The van der Waals surface area contributed by atoms with Gasteiger partial charge < -0.3 is 4.42 Å². The van der Waals surface area contributed by atoms with Crippen LogP contribution in [0, 0.1) is 0 Å². The van der Waals surface area contributed by atoms with Gasteiger partial charge in [0.15, 0.2) is 0 Å². The SMILES string of the molecule is O=C(Nc1nnc(-c2cccnc2)o1)c1cccc2ccccc12. The highest BCUT2D eigenvalue weighted by Gasteiger charge is 2.14. The highest BCUT2D eigenvalue weighted by molar-refractivity contribution is 6.12. The summed E-state index contributed by atoms with van der Waals surface area (Å²) in [4.78, 5) is 16.5. The van der Waals surface area contributed by atoms with Crippen molar-refractivity contribution in [2.45, 2.75) is 0 Å². The van der Waals surface area contributed by atoms with Gasteiger partial charge in [-0.3, -0.25) is 15.1 Å². The van der Waals surface area contributed by atoms with Crippen molar-refractivity contribution in [3.63, 3.8) is 0 Å². The number of pyridine rings is 1. The summed E-state index contributed by atoms with van der Waals surface area (Å²) in [6, 6.07) is 16.9. The van der Waals surface area contributed by atoms with Crippen LogP contribution in [0.25, 0.3) is 22.2 Å². The molecular weight excluding hydrogens is 304 g/mol. The summed E-state index contributed by atoms with van der Waals surface area (Å²) in [7, 11) is 0. The molecule has 0 fully saturated rings. The maximum atomic E-state index is 12.5. The predicted octanol–water partition coefficient (Wildman–Crippen LogP) is 3.54. The number of anilines is 1.